The van der Waals surface area contributed by atoms with Gasteiger partial charge in [-0.1, -0.05) is 37.0 Å². The van der Waals surface area contributed by atoms with E-state index in [0.29, 0.717) is 29.4 Å². The highest BCUT2D eigenvalue weighted by atomic mass is 35.5. The van der Waals surface area contributed by atoms with Crippen molar-refractivity contribution in [2.24, 2.45) is 5.92 Å². The third-order valence-corrected chi connectivity index (χ3v) is 4.99. The van der Waals surface area contributed by atoms with Gasteiger partial charge in [-0.2, -0.15) is 0 Å². The Bertz CT molecular complexity index is 849. The third kappa shape index (κ3) is 6.92. The zero-order chi connectivity index (χ0) is 22.3. The summed E-state index contributed by atoms with van der Waals surface area (Å²) in [6.07, 6.45) is 3.00. The molecule has 0 aliphatic rings. The van der Waals surface area contributed by atoms with Gasteiger partial charge in [0, 0.05) is 41.4 Å². The number of benzene rings is 1. The van der Waals surface area contributed by atoms with Gasteiger partial charge in [-0.15, -0.1) is 0 Å². The van der Waals surface area contributed by atoms with Crippen molar-refractivity contribution >= 4 is 35.3 Å². The molecule has 2 aromatic rings. The molecule has 0 bridgehead atoms. The van der Waals surface area contributed by atoms with Crippen LogP contribution in [0.3, 0.4) is 0 Å². The van der Waals surface area contributed by atoms with Gasteiger partial charge in [0.05, 0.1) is 12.9 Å². The molecule has 9 heteroatoms. The van der Waals surface area contributed by atoms with Crippen LogP contribution in [-0.4, -0.2) is 50.8 Å². The number of rotatable bonds is 10. The number of carboxylic acid groups (broad SMARTS) is 1. The number of carbonyl (C=O) groups excluding carboxylic acids is 1. The highest BCUT2D eigenvalue weighted by molar-refractivity contribution is 6.34. The Labute approximate surface area is 186 Å². The second-order valence-corrected chi connectivity index (χ2v) is 8.29. The lowest BCUT2D eigenvalue weighted by molar-refractivity contribution is -0.149. The number of nitrogens with zero attached hydrogens (tertiary/aromatic N) is 3. The van der Waals surface area contributed by atoms with E-state index in [4.69, 9.17) is 27.9 Å². The van der Waals surface area contributed by atoms with Gasteiger partial charge in [0.2, 0.25) is 0 Å². The maximum atomic E-state index is 12.4. The fourth-order valence-corrected chi connectivity index (χ4v) is 3.82. The normalized spacial score (nSPS) is 12.1. The van der Waals surface area contributed by atoms with Crippen molar-refractivity contribution in [1.29, 1.82) is 0 Å². The van der Waals surface area contributed by atoms with Crippen LogP contribution in [-0.2, 0) is 22.5 Å². The van der Waals surface area contributed by atoms with Crippen LogP contribution in [0.25, 0.3) is 0 Å². The van der Waals surface area contributed by atoms with Gasteiger partial charge >= 0.3 is 12.1 Å². The Morgan fingerprint density at radius 1 is 1.23 bits per heavy atom. The summed E-state index contributed by atoms with van der Waals surface area (Å²) in [6, 6.07) is 4.46. The molecule has 1 aromatic carbocycles. The Hall–Kier alpha value is -2.25. The average Bonchev–Trinajstić information content (AvgIpc) is 3.06. The highest BCUT2D eigenvalue weighted by Gasteiger charge is 2.31. The molecule has 1 N–H and O–H groups in total. The van der Waals surface area contributed by atoms with Gasteiger partial charge in [0.15, 0.2) is 0 Å². The first-order valence-corrected chi connectivity index (χ1v) is 10.6. The molecule has 0 aliphatic carbocycles. The summed E-state index contributed by atoms with van der Waals surface area (Å²) < 4.78 is 7.02. The molecule has 0 saturated heterocycles. The molecule has 2 rings (SSSR count). The van der Waals surface area contributed by atoms with Crippen molar-refractivity contribution in [3.63, 3.8) is 0 Å². The van der Waals surface area contributed by atoms with Gasteiger partial charge < -0.3 is 14.4 Å². The van der Waals surface area contributed by atoms with E-state index in [1.807, 2.05) is 30.5 Å². The molecule has 30 heavy (non-hydrogen) atoms. The molecule has 7 nitrogen and oxygen atoms in total. The minimum Gasteiger partial charge on any atom is -0.465 e. The van der Waals surface area contributed by atoms with E-state index in [1.165, 1.54) is 0 Å². The molecule has 0 aliphatic heterocycles. The van der Waals surface area contributed by atoms with Crippen LogP contribution in [0.5, 0.6) is 0 Å². The summed E-state index contributed by atoms with van der Waals surface area (Å²) in [4.78, 5) is 29.6. The summed E-state index contributed by atoms with van der Waals surface area (Å²) in [5.74, 6) is -0.380. The molecule has 0 saturated carbocycles. The number of hydrogen-bond donors (Lipinski definition) is 1. The van der Waals surface area contributed by atoms with E-state index in [0.717, 1.165) is 16.2 Å². The number of carbonyl (C=O) groups is 2. The number of halogens is 2. The maximum Gasteiger partial charge on any atom is 0.408 e. The van der Waals surface area contributed by atoms with Crippen LogP contribution in [0.15, 0.2) is 30.7 Å². The topological polar surface area (TPSA) is 84.7 Å². The molecular weight excluding hydrogens is 429 g/mol. The highest BCUT2D eigenvalue weighted by Crippen LogP contribution is 2.21. The maximum absolute atomic E-state index is 12.4. The first-order valence-electron chi connectivity index (χ1n) is 9.81. The Morgan fingerprint density at radius 2 is 1.90 bits per heavy atom. The van der Waals surface area contributed by atoms with E-state index in [1.54, 1.807) is 25.5 Å². The quantitative estimate of drug-likeness (QED) is 0.522. The summed E-state index contributed by atoms with van der Waals surface area (Å²) in [5.41, 5.74) is 1.75. The Kier molecular flexibility index (Phi) is 8.99. The average molecular weight is 456 g/mol. The summed E-state index contributed by atoms with van der Waals surface area (Å²) in [5, 5.41) is 10.8. The molecule has 1 unspecified atom stereocenters. The van der Waals surface area contributed by atoms with E-state index < -0.39 is 18.1 Å². The molecule has 1 atom stereocenters. The smallest absolute Gasteiger partial charge is 0.408 e. The number of aromatic nitrogens is 2. The second kappa shape index (κ2) is 11.2. The van der Waals surface area contributed by atoms with Crippen molar-refractivity contribution in [3.8, 4) is 0 Å². The molecule has 0 spiro atoms. The van der Waals surface area contributed by atoms with Crippen molar-refractivity contribution in [3.05, 3.63) is 52.0 Å². The fourth-order valence-electron chi connectivity index (χ4n) is 3.25. The zero-order valence-corrected chi connectivity index (χ0v) is 18.9. The van der Waals surface area contributed by atoms with Crippen LogP contribution >= 0.6 is 23.2 Å². The zero-order valence-electron chi connectivity index (χ0n) is 17.3. The second-order valence-electron chi connectivity index (χ2n) is 7.41. The molecule has 164 valence electrons. The minimum atomic E-state index is -1.15. The number of esters is 1. The third-order valence-electron chi connectivity index (χ3n) is 4.56. The summed E-state index contributed by atoms with van der Waals surface area (Å²) >= 11 is 12.1. The van der Waals surface area contributed by atoms with Crippen molar-refractivity contribution in [1.82, 2.24) is 14.5 Å². The largest absolute Gasteiger partial charge is 0.465 e. The summed E-state index contributed by atoms with van der Waals surface area (Å²) in [7, 11) is 0. The molecular formula is C21H27Cl2N3O4. The van der Waals surface area contributed by atoms with Crippen LogP contribution in [0.2, 0.25) is 10.0 Å². The number of hydrogen-bond acceptors (Lipinski definition) is 4. The first kappa shape index (κ1) is 24.0. The monoisotopic (exact) mass is 455 g/mol. The van der Waals surface area contributed by atoms with Crippen LogP contribution in [0.4, 0.5) is 4.79 Å². The predicted octanol–water partition coefficient (Wildman–Crippen LogP) is 4.74. The van der Waals surface area contributed by atoms with E-state index in [-0.39, 0.29) is 19.1 Å². The van der Waals surface area contributed by atoms with E-state index >= 15 is 0 Å². The van der Waals surface area contributed by atoms with Crippen LogP contribution in [0, 0.1) is 5.92 Å². The predicted molar refractivity (Wildman–Crippen MR) is 116 cm³/mol. The first-order chi connectivity index (χ1) is 14.2. The van der Waals surface area contributed by atoms with Gasteiger partial charge in [0.25, 0.3) is 0 Å². The molecule has 0 fully saturated rings. The molecule has 1 aromatic heterocycles. The van der Waals surface area contributed by atoms with Crippen molar-refractivity contribution in [2.45, 2.75) is 46.2 Å². The number of ether oxygens (including phenoxy) is 1. The molecule has 1 amide bonds. The van der Waals surface area contributed by atoms with Gasteiger partial charge in [-0.05, 0) is 43.0 Å². The van der Waals surface area contributed by atoms with Gasteiger partial charge in [-0.3, -0.25) is 4.90 Å². The standard InChI is InChI=1S/C21H27Cl2N3O4/c1-4-30-20(27)19(7-14(2)3)26(21(28)29)6-5-18-11-24-13-25(18)12-15-8-16(22)10-17(23)9-15/h8-11,13-14,19H,4-7,12H2,1-3H3,(H,28,29). The lowest BCUT2D eigenvalue weighted by atomic mass is 10.0. The molecule has 1 heterocycles. The lowest BCUT2D eigenvalue weighted by Gasteiger charge is -2.29. The summed E-state index contributed by atoms with van der Waals surface area (Å²) in [6.45, 7) is 6.43. The van der Waals surface area contributed by atoms with Gasteiger partial charge in [0.1, 0.15) is 6.04 Å². The minimum absolute atomic E-state index is 0.138. The van der Waals surface area contributed by atoms with E-state index in [2.05, 4.69) is 4.98 Å². The van der Waals surface area contributed by atoms with Crippen LogP contribution < -0.4 is 0 Å². The SMILES string of the molecule is CCOC(=O)C(CC(C)C)N(CCc1cncn1Cc1cc(Cl)cc(Cl)c1)C(=O)O. The molecule has 0 radical (unpaired) electrons. The van der Waals surface area contributed by atoms with Crippen molar-refractivity contribution < 1.29 is 19.4 Å². The van der Waals surface area contributed by atoms with Crippen molar-refractivity contribution in [2.75, 3.05) is 13.2 Å². The fraction of sp³-hybridized carbons (Fsp3) is 0.476. The lowest BCUT2D eigenvalue weighted by Crippen LogP contribution is -2.47. The van der Waals surface area contributed by atoms with E-state index in [9.17, 15) is 14.7 Å². The Balaban J connectivity index is 2.15. The Morgan fingerprint density at radius 3 is 2.47 bits per heavy atom. The van der Waals surface area contributed by atoms with Gasteiger partial charge in [-0.25, -0.2) is 14.6 Å². The number of imidazole rings is 1. The number of amides is 1. The van der Waals surface area contributed by atoms with Crippen LogP contribution in [0.1, 0.15) is 38.4 Å².